The number of nitrogens with one attached hydrogen (secondary N) is 2. The van der Waals surface area contributed by atoms with Gasteiger partial charge < -0.3 is 10.6 Å². The zero-order valence-corrected chi connectivity index (χ0v) is 10.5. The maximum Gasteiger partial charge on any atom is 0.224 e. The molecule has 96 valence electrons. The second-order valence-corrected chi connectivity index (χ2v) is 4.48. The van der Waals surface area contributed by atoms with Crippen molar-refractivity contribution in [1.82, 2.24) is 10.6 Å². The molecule has 2 amide bonds. The van der Waals surface area contributed by atoms with Gasteiger partial charge in [0.05, 0.1) is 11.8 Å². The van der Waals surface area contributed by atoms with Crippen molar-refractivity contribution in [2.75, 3.05) is 13.1 Å². The molecule has 0 saturated heterocycles. The van der Waals surface area contributed by atoms with E-state index in [0.29, 0.717) is 13.0 Å². The number of hydrogen-bond acceptors (Lipinski definition) is 2. The van der Waals surface area contributed by atoms with Crippen molar-refractivity contribution in [2.24, 2.45) is 11.8 Å². The van der Waals surface area contributed by atoms with E-state index in [4.69, 9.17) is 0 Å². The minimum Gasteiger partial charge on any atom is -0.356 e. The van der Waals surface area contributed by atoms with Crippen LogP contribution in [0.3, 0.4) is 0 Å². The summed E-state index contributed by atoms with van der Waals surface area (Å²) >= 11 is 0. The summed E-state index contributed by atoms with van der Waals surface area (Å²) < 4.78 is 0. The predicted molar refractivity (Wildman–Crippen MR) is 67.3 cm³/mol. The van der Waals surface area contributed by atoms with Crippen LogP contribution in [0.4, 0.5) is 0 Å². The fourth-order valence-electron chi connectivity index (χ4n) is 1.80. The number of carbonyl (C=O) groups is 2. The third kappa shape index (κ3) is 4.59. The van der Waals surface area contributed by atoms with E-state index in [9.17, 15) is 9.59 Å². The van der Waals surface area contributed by atoms with E-state index in [1.807, 2.05) is 0 Å². The summed E-state index contributed by atoms with van der Waals surface area (Å²) in [5.74, 6) is -0.235. The molecular weight excluding hydrogens is 216 g/mol. The molecule has 0 heterocycles. The largest absolute Gasteiger partial charge is 0.356 e. The van der Waals surface area contributed by atoms with Gasteiger partial charge in [0.15, 0.2) is 0 Å². The molecule has 0 aliphatic heterocycles. The van der Waals surface area contributed by atoms with Gasteiger partial charge in [0, 0.05) is 13.1 Å². The molecule has 1 aliphatic rings. The average Bonchev–Trinajstić information content (AvgIpc) is 3.11. The standard InChI is InChI=1S/C13H22N2O2/c1-3-5-6-8-15-13(17)11-9-10(11)12(16)14-7-4-2/h4,10-11H,2-3,5-9H2,1H3,(H,14,16)(H,15,17). The fourth-order valence-corrected chi connectivity index (χ4v) is 1.80. The molecule has 17 heavy (non-hydrogen) atoms. The minimum atomic E-state index is -0.124. The number of unbranched alkanes of at least 4 members (excludes halogenated alkanes) is 2. The van der Waals surface area contributed by atoms with Gasteiger partial charge in [-0.25, -0.2) is 0 Å². The van der Waals surface area contributed by atoms with Crippen molar-refractivity contribution in [3.63, 3.8) is 0 Å². The predicted octanol–water partition coefficient (Wildman–Crippen LogP) is 1.23. The summed E-state index contributed by atoms with van der Waals surface area (Å²) in [5, 5.41) is 5.60. The Balaban J connectivity index is 2.14. The van der Waals surface area contributed by atoms with Crippen LogP contribution < -0.4 is 10.6 Å². The Morgan fingerprint density at radius 2 is 1.88 bits per heavy atom. The first-order valence-electron chi connectivity index (χ1n) is 6.37. The van der Waals surface area contributed by atoms with Gasteiger partial charge in [-0.3, -0.25) is 9.59 Å². The lowest BCUT2D eigenvalue weighted by Gasteiger charge is -2.04. The van der Waals surface area contributed by atoms with Crippen LogP contribution in [-0.2, 0) is 9.59 Å². The molecule has 4 nitrogen and oxygen atoms in total. The van der Waals surface area contributed by atoms with Crippen LogP contribution in [0.5, 0.6) is 0 Å². The molecule has 0 bridgehead atoms. The molecule has 0 aromatic carbocycles. The Morgan fingerprint density at radius 3 is 2.47 bits per heavy atom. The summed E-state index contributed by atoms with van der Waals surface area (Å²) in [6.07, 6.45) is 5.62. The van der Waals surface area contributed by atoms with Gasteiger partial charge in [0.1, 0.15) is 0 Å². The minimum absolute atomic E-state index is 0.0276. The van der Waals surface area contributed by atoms with Gasteiger partial charge in [-0.2, -0.15) is 0 Å². The highest BCUT2D eigenvalue weighted by Gasteiger charge is 2.47. The summed E-state index contributed by atoms with van der Waals surface area (Å²) in [7, 11) is 0. The molecule has 2 unspecified atom stereocenters. The lowest BCUT2D eigenvalue weighted by atomic mass is 10.2. The van der Waals surface area contributed by atoms with Crippen molar-refractivity contribution >= 4 is 11.8 Å². The van der Waals surface area contributed by atoms with Crippen LogP contribution in [0.25, 0.3) is 0 Å². The molecule has 0 radical (unpaired) electrons. The van der Waals surface area contributed by atoms with Crippen LogP contribution >= 0.6 is 0 Å². The molecule has 0 aromatic rings. The van der Waals surface area contributed by atoms with E-state index >= 15 is 0 Å². The van der Waals surface area contributed by atoms with Gasteiger partial charge >= 0.3 is 0 Å². The molecule has 1 aliphatic carbocycles. The van der Waals surface area contributed by atoms with Crippen molar-refractivity contribution in [1.29, 1.82) is 0 Å². The second kappa shape index (κ2) is 7.09. The monoisotopic (exact) mass is 238 g/mol. The van der Waals surface area contributed by atoms with Crippen molar-refractivity contribution < 1.29 is 9.59 Å². The molecule has 2 N–H and O–H groups in total. The van der Waals surface area contributed by atoms with E-state index in [1.165, 1.54) is 0 Å². The van der Waals surface area contributed by atoms with E-state index in [2.05, 4.69) is 24.1 Å². The van der Waals surface area contributed by atoms with E-state index < -0.39 is 0 Å². The Bertz CT molecular complexity index is 289. The number of rotatable bonds is 8. The Hall–Kier alpha value is -1.32. The Labute approximate surface area is 103 Å². The molecular formula is C13H22N2O2. The van der Waals surface area contributed by atoms with E-state index in [1.54, 1.807) is 6.08 Å². The maximum atomic E-state index is 11.6. The molecule has 1 saturated carbocycles. The van der Waals surface area contributed by atoms with Crippen LogP contribution in [0.15, 0.2) is 12.7 Å². The molecule has 0 aromatic heterocycles. The molecule has 0 spiro atoms. The van der Waals surface area contributed by atoms with Gasteiger partial charge in [-0.15, -0.1) is 6.58 Å². The topological polar surface area (TPSA) is 58.2 Å². The summed E-state index contributed by atoms with van der Waals surface area (Å²) in [6.45, 7) is 6.86. The van der Waals surface area contributed by atoms with E-state index in [0.717, 1.165) is 25.8 Å². The highest BCUT2D eigenvalue weighted by molar-refractivity contribution is 5.92. The van der Waals surface area contributed by atoms with Crippen LogP contribution in [-0.4, -0.2) is 24.9 Å². The maximum absolute atomic E-state index is 11.6. The number of carbonyl (C=O) groups excluding carboxylic acids is 2. The van der Waals surface area contributed by atoms with Gasteiger partial charge in [-0.05, 0) is 12.8 Å². The average molecular weight is 238 g/mol. The molecule has 1 rings (SSSR count). The zero-order chi connectivity index (χ0) is 12.7. The summed E-state index contributed by atoms with van der Waals surface area (Å²) in [4.78, 5) is 23.2. The summed E-state index contributed by atoms with van der Waals surface area (Å²) in [5.41, 5.74) is 0. The highest BCUT2D eigenvalue weighted by atomic mass is 16.2. The van der Waals surface area contributed by atoms with Gasteiger partial charge in [0.2, 0.25) is 11.8 Å². The van der Waals surface area contributed by atoms with Gasteiger partial charge in [-0.1, -0.05) is 25.8 Å². The Morgan fingerprint density at radius 1 is 1.24 bits per heavy atom. The normalized spacial score (nSPS) is 21.7. The number of amides is 2. The highest BCUT2D eigenvalue weighted by Crippen LogP contribution is 2.38. The van der Waals surface area contributed by atoms with Crippen LogP contribution in [0.2, 0.25) is 0 Å². The van der Waals surface area contributed by atoms with Crippen molar-refractivity contribution in [3.05, 3.63) is 12.7 Å². The first-order chi connectivity index (χ1) is 8.20. The first-order valence-corrected chi connectivity index (χ1v) is 6.37. The lowest BCUT2D eigenvalue weighted by molar-refractivity contribution is -0.127. The third-order valence-electron chi connectivity index (χ3n) is 2.96. The number of hydrogen-bond donors (Lipinski definition) is 2. The quantitative estimate of drug-likeness (QED) is 0.493. The second-order valence-electron chi connectivity index (χ2n) is 4.48. The third-order valence-corrected chi connectivity index (χ3v) is 2.96. The van der Waals surface area contributed by atoms with Crippen molar-refractivity contribution in [2.45, 2.75) is 32.6 Å². The lowest BCUT2D eigenvalue weighted by Crippen LogP contribution is -2.30. The smallest absolute Gasteiger partial charge is 0.224 e. The zero-order valence-electron chi connectivity index (χ0n) is 10.5. The Kier molecular flexibility index (Phi) is 5.73. The molecule has 4 heteroatoms. The van der Waals surface area contributed by atoms with Gasteiger partial charge in [0.25, 0.3) is 0 Å². The fraction of sp³-hybridized carbons (Fsp3) is 0.692. The van der Waals surface area contributed by atoms with Crippen molar-refractivity contribution in [3.8, 4) is 0 Å². The molecule has 1 fully saturated rings. The first kappa shape index (κ1) is 13.7. The molecule has 2 atom stereocenters. The summed E-state index contributed by atoms with van der Waals surface area (Å²) in [6, 6.07) is 0. The van der Waals surface area contributed by atoms with Crippen LogP contribution in [0.1, 0.15) is 32.6 Å². The van der Waals surface area contributed by atoms with E-state index in [-0.39, 0.29) is 23.7 Å². The SMILES string of the molecule is C=CCNC(=O)C1CC1C(=O)NCCCCC. The van der Waals surface area contributed by atoms with Crippen LogP contribution in [0, 0.1) is 11.8 Å².